The van der Waals surface area contributed by atoms with Gasteiger partial charge in [0.2, 0.25) is 10.0 Å². The first-order valence-corrected chi connectivity index (χ1v) is 13.2. The second-order valence-corrected chi connectivity index (χ2v) is 10.7. The lowest BCUT2D eigenvalue weighted by Crippen LogP contribution is -2.41. The van der Waals surface area contributed by atoms with E-state index in [1.54, 1.807) is 18.2 Å². The summed E-state index contributed by atoms with van der Waals surface area (Å²) in [6.07, 6.45) is 3.75. The molecular weight excluding hydrogens is 450 g/mol. The minimum absolute atomic E-state index is 0.0196. The SMILES string of the molecule is CS(=O)(=O)N(C(=O)COc1ccc2c(c1)CCc1ccccc1C2=O)C1CCc2ccccc21. The molecule has 2 aliphatic carbocycles. The van der Waals surface area contributed by atoms with Crippen LogP contribution < -0.4 is 4.74 Å². The number of ketones is 1. The zero-order valence-corrected chi connectivity index (χ0v) is 19.7. The molecule has 1 atom stereocenters. The normalized spacial score (nSPS) is 16.7. The van der Waals surface area contributed by atoms with Crippen molar-refractivity contribution in [2.75, 3.05) is 12.9 Å². The van der Waals surface area contributed by atoms with E-state index in [0.717, 1.165) is 45.7 Å². The zero-order valence-electron chi connectivity index (χ0n) is 18.9. The molecule has 34 heavy (non-hydrogen) atoms. The molecule has 7 heteroatoms. The van der Waals surface area contributed by atoms with Gasteiger partial charge in [0.15, 0.2) is 12.4 Å². The van der Waals surface area contributed by atoms with Crippen molar-refractivity contribution in [3.63, 3.8) is 0 Å². The summed E-state index contributed by atoms with van der Waals surface area (Å²) < 4.78 is 31.8. The van der Waals surface area contributed by atoms with Crippen molar-refractivity contribution < 1.29 is 22.7 Å². The van der Waals surface area contributed by atoms with Crippen LogP contribution in [0.4, 0.5) is 0 Å². The Balaban J connectivity index is 1.35. The molecule has 0 fully saturated rings. The molecule has 0 bridgehead atoms. The predicted molar refractivity (Wildman–Crippen MR) is 128 cm³/mol. The van der Waals surface area contributed by atoms with Gasteiger partial charge in [0.25, 0.3) is 5.91 Å². The molecule has 5 rings (SSSR count). The fraction of sp³-hybridized carbons (Fsp3) is 0.259. The lowest BCUT2D eigenvalue weighted by Gasteiger charge is -2.27. The third-order valence-electron chi connectivity index (χ3n) is 6.60. The van der Waals surface area contributed by atoms with Gasteiger partial charge in [-0.15, -0.1) is 0 Å². The number of carbonyl (C=O) groups excluding carboxylic acids is 2. The van der Waals surface area contributed by atoms with E-state index >= 15 is 0 Å². The highest BCUT2D eigenvalue weighted by atomic mass is 32.2. The van der Waals surface area contributed by atoms with Crippen LogP contribution in [0.3, 0.4) is 0 Å². The topological polar surface area (TPSA) is 80.8 Å². The maximum atomic E-state index is 13.1. The number of hydrogen-bond acceptors (Lipinski definition) is 5. The summed E-state index contributed by atoms with van der Waals surface area (Å²) in [6.45, 7) is -0.404. The molecule has 0 aromatic heterocycles. The highest BCUT2D eigenvalue weighted by Crippen LogP contribution is 2.37. The van der Waals surface area contributed by atoms with Crippen molar-refractivity contribution in [2.24, 2.45) is 0 Å². The van der Waals surface area contributed by atoms with Crippen molar-refractivity contribution in [3.8, 4) is 5.75 Å². The van der Waals surface area contributed by atoms with Gasteiger partial charge in [-0.2, -0.15) is 0 Å². The number of fused-ring (bicyclic) bond motifs is 3. The van der Waals surface area contributed by atoms with Crippen LogP contribution in [0.15, 0.2) is 66.7 Å². The number of hydrogen-bond donors (Lipinski definition) is 0. The van der Waals surface area contributed by atoms with E-state index in [-0.39, 0.29) is 5.78 Å². The van der Waals surface area contributed by atoms with E-state index in [2.05, 4.69) is 0 Å². The Hall–Kier alpha value is -3.45. The van der Waals surface area contributed by atoms with Crippen LogP contribution in [0.2, 0.25) is 0 Å². The van der Waals surface area contributed by atoms with Crippen molar-refractivity contribution in [2.45, 2.75) is 31.7 Å². The van der Waals surface area contributed by atoms with Gasteiger partial charge in [0, 0.05) is 11.1 Å². The number of sulfonamides is 1. The number of ether oxygens (including phenoxy) is 1. The Kier molecular flexibility index (Phi) is 5.73. The Labute approximate surface area is 199 Å². The summed E-state index contributed by atoms with van der Waals surface area (Å²) in [7, 11) is -3.79. The lowest BCUT2D eigenvalue weighted by atomic mass is 9.99. The fourth-order valence-electron chi connectivity index (χ4n) is 5.04. The largest absolute Gasteiger partial charge is 0.484 e. The molecule has 0 saturated heterocycles. The third kappa shape index (κ3) is 4.12. The van der Waals surface area contributed by atoms with E-state index in [1.165, 1.54) is 0 Å². The molecule has 0 heterocycles. The standard InChI is InChI=1S/C27H25NO5S/c1-34(31,32)28(25-15-12-18-6-2-4-8-22(18)25)26(29)17-33-21-13-14-24-20(16-21)11-10-19-7-3-5-9-23(19)27(24)30/h2-9,13-14,16,25H,10-12,15,17H2,1H3. The molecule has 1 amide bonds. The van der Waals surface area contributed by atoms with Crippen molar-refractivity contribution in [1.82, 2.24) is 4.31 Å². The van der Waals surface area contributed by atoms with Crippen LogP contribution in [0.25, 0.3) is 0 Å². The number of amides is 1. The Morgan fingerprint density at radius 1 is 0.912 bits per heavy atom. The summed E-state index contributed by atoms with van der Waals surface area (Å²) in [5, 5.41) is 0. The monoisotopic (exact) mass is 475 g/mol. The molecule has 0 spiro atoms. The molecule has 3 aromatic rings. The molecule has 2 aliphatic rings. The molecule has 1 unspecified atom stereocenters. The highest BCUT2D eigenvalue weighted by molar-refractivity contribution is 7.88. The average molecular weight is 476 g/mol. The minimum atomic E-state index is -3.79. The maximum Gasteiger partial charge on any atom is 0.274 e. The van der Waals surface area contributed by atoms with Crippen molar-refractivity contribution in [3.05, 3.63) is 100 Å². The van der Waals surface area contributed by atoms with Crippen molar-refractivity contribution in [1.29, 1.82) is 0 Å². The smallest absolute Gasteiger partial charge is 0.274 e. The summed E-state index contributed by atoms with van der Waals surface area (Å²) in [5.74, 6) is -0.192. The zero-order chi connectivity index (χ0) is 23.9. The van der Waals surface area contributed by atoms with Crippen molar-refractivity contribution >= 4 is 21.7 Å². The molecule has 0 saturated carbocycles. The third-order valence-corrected chi connectivity index (χ3v) is 7.77. The number of benzene rings is 3. The van der Waals surface area contributed by atoms with Gasteiger partial charge in [-0.25, -0.2) is 12.7 Å². The predicted octanol–water partition coefficient (Wildman–Crippen LogP) is 3.87. The average Bonchev–Trinajstić information content (AvgIpc) is 3.17. The summed E-state index contributed by atoms with van der Waals surface area (Å²) in [6, 6.07) is 19.9. The van der Waals surface area contributed by atoms with Crippen LogP contribution in [-0.2, 0) is 34.1 Å². The van der Waals surface area contributed by atoms with Crippen LogP contribution >= 0.6 is 0 Å². The number of aryl methyl sites for hydroxylation is 3. The van der Waals surface area contributed by atoms with Gasteiger partial charge in [-0.1, -0.05) is 48.5 Å². The lowest BCUT2D eigenvalue weighted by molar-refractivity contribution is -0.130. The molecule has 6 nitrogen and oxygen atoms in total. The Bertz CT molecular complexity index is 1400. The highest BCUT2D eigenvalue weighted by Gasteiger charge is 2.36. The first-order chi connectivity index (χ1) is 16.3. The number of nitrogens with zero attached hydrogens (tertiary/aromatic N) is 1. The van der Waals surface area contributed by atoms with Crippen LogP contribution in [0, 0.1) is 0 Å². The number of carbonyl (C=O) groups is 2. The first kappa shape index (κ1) is 22.3. The molecular formula is C27H25NO5S. The van der Waals surface area contributed by atoms with Gasteiger partial charge in [0.05, 0.1) is 12.3 Å². The molecule has 3 aromatic carbocycles. The Morgan fingerprint density at radius 3 is 2.38 bits per heavy atom. The molecule has 174 valence electrons. The summed E-state index contributed by atoms with van der Waals surface area (Å²) >= 11 is 0. The van der Waals surface area contributed by atoms with Crippen LogP contribution in [-0.4, -0.2) is 37.3 Å². The molecule has 0 N–H and O–H groups in total. The van der Waals surface area contributed by atoms with Gasteiger partial charge in [-0.3, -0.25) is 9.59 Å². The quantitative estimate of drug-likeness (QED) is 0.560. The number of rotatable bonds is 5. The second kappa shape index (κ2) is 8.72. The van der Waals surface area contributed by atoms with E-state index < -0.39 is 28.6 Å². The van der Waals surface area contributed by atoms with Gasteiger partial charge >= 0.3 is 0 Å². The second-order valence-electron chi connectivity index (χ2n) is 8.80. The van der Waals surface area contributed by atoms with E-state index in [0.29, 0.717) is 29.7 Å². The van der Waals surface area contributed by atoms with E-state index in [4.69, 9.17) is 4.74 Å². The van der Waals surface area contributed by atoms with Gasteiger partial charge in [0.1, 0.15) is 5.75 Å². The fourth-order valence-corrected chi connectivity index (χ4v) is 6.14. The van der Waals surface area contributed by atoms with Crippen LogP contribution in [0.5, 0.6) is 5.75 Å². The van der Waals surface area contributed by atoms with Gasteiger partial charge < -0.3 is 4.74 Å². The van der Waals surface area contributed by atoms with E-state index in [9.17, 15) is 18.0 Å². The maximum absolute atomic E-state index is 13.1. The summed E-state index contributed by atoms with van der Waals surface area (Å²) in [4.78, 5) is 26.1. The summed E-state index contributed by atoms with van der Waals surface area (Å²) in [5.41, 5.74) is 5.14. The van der Waals surface area contributed by atoms with E-state index in [1.807, 2.05) is 48.5 Å². The first-order valence-electron chi connectivity index (χ1n) is 11.3. The minimum Gasteiger partial charge on any atom is -0.484 e. The van der Waals surface area contributed by atoms with Gasteiger partial charge in [-0.05, 0) is 66.1 Å². The Morgan fingerprint density at radius 2 is 1.59 bits per heavy atom. The molecule has 0 aliphatic heterocycles. The van der Waals surface area contributed by atoms with Crippen LogP contribution in [0.1, 0.15) is 50.6 Å². The molecule has 0 radical (unpaired) electrons.